The maximum absolute atomic E-state index is 12.6. The third-order valence-electron chi connectivity index (χ3n) is 3.09. The van der Waals surface area contributed by atoms with Gasteiger partial charge in [0.1, 0.15) is 6.04 Å². The highest BCUT2D eigenvalue weighted by Gasteiger charge is 2.43. The maximum atomic E-state index is 12.6. The van der Waals surface area contributed by atoms with Crippen LogP contribution in [0.2, 0.25) is 0 Å². The lowest BCUT2D eigenvalue weighted by Crippen LogP contribution is -2.53. The highest BCUT2D eigenvalue weighted by molar-refractivity contribution is 4.83. The Morgan fingerprint density at radius 1 is 1.38 bits per heavy atom. The van der Waals surface area contributed by atoms with Crippen LogP contribution in [0, 0.1) is 5.92 Å². The molecule has 0 aliphatic carbocycles. The lowest BCUT2D eigenvalue weighted by atomic mass is 9.96. The Morgan fingerprint density at radius 2 is 1.94 bits per heavy atom. The molecule has 96 valence electrons. The van der Waals surface area contributed by atoms with Gasteiger partial charge in [-0.25, -0.2) is 0 Å². The second kappa shape index (κ2) is 5.84. The molecule has 0 aromatic rings. The zero-order valence-electron chi connectivity index (χ0n) is 9.46. The fraction of sp³-hybridized carbons (Fsp3) is 1.00. The first kappa shape index (κ1) is 13.7. The standard InChI is InChI=1S/C10H19F3N2O/c1-16-7-8-2-4-15(5-3-8)9(6-14)10(11,12)13/h8-9H,2-7,14H2,1H3. The van der Waals surface area contributed by atoms with Gasteiger partial charge in [0.15, 0.2) is 0 Å². The van der Waals surface area contributed by atoms with Gasteiger partial charge in [-0.05, 0) is 31.8 Å². The molecule has 1 rings (SSSR count). The van der Waals surface area contributed by atoms with Gasteiger partial charge in [0.05, 0.1) is 0 Å². The Labute approximate surface area is 93.7 Å². The van der Waals surface area contributed by atoms with Crippen molar-refractivity contribution in [3.05, 3.63) is 0 Å². The summed E-state index contributed by atoms with van der Waals surface area (Å²) in [7, 11) is 1.62. The van der Waals surface area contributed by atoms with Crippen molar-refractivity contribution in [2.75, 3.05) is 33.4 Å². The predicted molar refractivity (Wildman–Crippen MR) is 55.1 cm³/mol. The summed E-state index contributed by atoms with van der Waals surface area (Å²) in [5.74, 6) is 0.382. The molecule has 1 heterocycles. The van der Waals surface area contributed by atoms with Crippen LogP contribution >= 0.6 is 0 Å². The third-order valence-corrected chi connectivity index (χ3v) is 3.09. The highest BCUT2D eigenvalue weighted by Crippen LogP contribution is 2.28. The summed E-state index contributed by atoms with van der Waals surface area (Å²) in [5.41, 5.74) is 5.20. The fourth-order valence-electron chi connectivity index (χ4n) is 2.16. The number of likely N-dealkylation sites (tertiary alicyclic amines) is 1. The molecule has 16 heavy (non-hydrogen) atoms. The average Bonchev–Trinajstić information content (AvgIpc) is 2.20. The smallest absolute Gasteiger partial charge is 0.384 e. The minimum atomic E-state index is -4.22. The molecule has 0 radical (unpaired) electrons. The van der Waals surface area contributed by atoms with Gasteiger partial charge in [-0.2, -0.15) is 13.2 Å². The molecule has 0 bridgehead atoms. The Morgan fingerprint density at radius 3 is 2.31 bits per heavy atom. The van der Waals surface area contributed by atoms with E-state index in [1.54, 1.807) is 7.11 Å². The van der Waals surface area contributed by atoms with Crippen LogP contribution in [0.1, 0.15) is 12.8 Å². The van der Waals surface area contributed by atoms with Crippen molar-refractivity contribution < 1.29 is 17.9 Å². The first-order chi connectivity index (χ1) is 7.49. The average molecular weight is 240 g/mol. The van der Waals surface area contributed by atoms with Crippen LogP contribution in [0.25, 0.3) is 0 Å². The van der Waals surface area contributed by atoms with Crippen molar-refractivity contribution in [3.63, 3.8) is 0 Å². The van der Waals surface area contributed by atoms with E-state index >= 15 is 0 Å². The molecule has 1 saturated heterocycles. The Balaban J connectivity index is 2.45. The molecule has 1 aliphatic rings. The second-order valence-electron chi connectivity index (χ2n) is 4.23. The highest BCUT2D eigenvalue weighted by atomic mass is 19.4. The van der Waals surface area contributed by atoms with E-state index in [2.05, 4.69) is 0 Å². The first-order valence-electron chi connectivity index (χ1n) is 5.48. The molecular formula is C10H19F3N2O. The molecule has 0 amide bonds. The van der Waals surface area contributed by atoms with E-state index in [1.807, 2.05) is 0 Å². The molecule has 2 N–H and O–H groups in total. The van der Waals surface area contributed by atoms with Gasteiger partial charge in [0.25, 0.3) is 0 Å². The quantitative estimate of drug-likeness (QED) is 0.803. The number of rotatable bonds is 4. The number of nitrogens with zero attached hydrogens (tertiary/aromatic N) is 1. The molecule has 0 saturated carbocycles. The summed E-state index contributed by atoms with van der Waals surface area (Å²) in [4.78, 5) is 1.44. The van der Waals surface area contributed by atoms with Crippen LogP contribution in [-0.4, -0.2) is 50.5 Å². The number of halogens is 3. The molecule has 1 unspecified atom stereocenters. The number of nitrogens with two attached hydrogens (primary N) is 1. The fourth-order valence-corrected chi connectivity index (χ4v) is 2.16. The van der Waals surface area contributed by atoms with Crippen LogP contribution in [0.4, 0.5) is 13.2 Å². The van der Waals surface area contributed by atoms with Gasteiger partial charge in [0, 0.05) is 20.3 Å². The van der Waals surface area contributed by atoms with Gasteiger partial charge in [-0.3, -0.25) is 4.90 Å². The number of alkyl halides is 3. The monoisotopic (exact) mass is 240 g/mol. The molecular weight excluding hydrogens is 221 g/mol. The zero-order valence-corrected chi connectivity index (χ0v) is 9.46. The van der Waals surface area contributed by atoms with Crippen molar-refractivity contribution in [2.24, 2.45) is 11.7 Å². The Hall–Kier alpha value is -0.330. The number of hydrogen-bond donors (Lipinski definition) is 1. The largest absolute Gasteiger partial charge is 0.405 e. The molecule has 0 aromatic heterocycles. The van der Waals surface area contributed by atoms with Gasteiger partial charge >= 0.3 is 6.18 Å². The summed E-state index contributed by atoms with van der Waals surface area (Å²) >= 11 is 0. The lowest BCUT2D eigenvalue weighted by Gasteiger charge is -2.37. The predicted octanol–water partition coefficient (Wildman–Crippen LogP) is 1.23. The maximum Gasteiger partial charge on any atom is 0.405 e. The number of piperidine rings is 1. The van der Waals surface area contributed by atoms with E-state index in [0.29, 0.717) is 25.6 Å². The van der Waals surface area contributed by atoms with Crippen LogP contribution in [0.5, 0.6) is 0 Å². The van der Waals surface area contributed by atoms with Crippen molar-refractivity contribution in [1.29, 1.82) is 0 Å². The van der Waals surface area contributed by atoms with E-state index in [-0.39, 0.29) is 6.54 Å². The molecule has 1 atom stereocenters. The Bertz CT molecular complexity index is 203. The van der Waals surface area contributed by atoms with Crippen molar-refractivity contribution >= 4 is 0 Å². The van der Waals surface area contributed by atoms with E-state index in [1.165, 1.54) is 4.90 Å². The first-order valence-corrected chi connectivity index (χ1v) is 5.48. The Kier molecular flexibility index (Phi) is 5.01. The summed E-state index contributed by atoms with van der Waals surface area (Å²) in [6.45, 7) is 1.18. The zero-order chi connectivity index (χ0) is 12.2. The van der Waals surface area contributed by atoms with Gasteiger partial charge in [0.2, 0.25) is 0 Å². The minimum absolute atomic E-state index is 0.363. The molecule has 1 fully saturated rings. The molecule has 0 spiro atoms. The van der Waals surface area contributed by atoms with Crippen LogP contribution in [-0.2, 0) is 4.74 Å². The normalized spacial score (nSPS) is 22.3. The van der Waals surface area contributed by atoms with Crippen LogP contribution in [0.15, 0.2) is 0 Å². The number of hydrogen-bond acceptors (Lipinski definition) is 3. The van der Waals surface area contributed by atoms with Gasteiger partial charge in [-0.15, -0.1) is 0 Å². The van der Waals surface area contributed by atoms with Gasteiger partial charge in [-0.1, -0.05) is 0 Å². The summed E-state index contributed by atoms with van der Waals surface area (Å²) in [6, 6.07) is -1.49. The van der Waals surface area contributed by atoms with Crippen molar-refractivity contribution in [2.45, 2.75) is 25.1 Å². The van der Waals surface area contributed by atoms with Gasteiger partial charge < -0.3 is 10.5 Å². The van der Waals surface area contributed by atoms with Crippen LogP contribution < -0.4 is 5.73 Å². The van der Waals surface area contributed by atoms with Crippen LogP contribution in [0.3, 0.4) is 0 Å². The summed E-state index contributed by atoms with van der Waals surface area (Å²) in [6.07, 6.45) is -2.72. The molecule has 1 aliphatic heterocycles. The van der Waals surface area contributed by atoms with Crippen molar-refractivity contribution in [3.8, 4) is 0 Å². The lowest BCUT2D eigenvalue weighted by molar-refractivity contribution is -0.184. The summed E-state index contributed by atoms with van der Waals surface area (Å²) in [5, 5.41) is 0. The molecule has 6 heteroatoms. The van der Waals surface area contributed by atoms with Crippen molar-refractivity contribution in [1.82, 2.24) is 4.90 Å². The van der Waals surface area contributed by atoms with E-state index in [0.717, 1.165) is 12.8 Å². The molecule has 3 nitrogen and oxygen atoms in total. The summed E-state index contributed by atoms with van der Waals surface area (Å²) < 4.78 is 42.8. The minimum Gasteiger partial charge on any atom is -0.384 e. The third kappa shape index (κ3) is 3.61. The van der Waals surface area contributed by atoms with E-state index in [9.17, 15) is 13.2 Å². The molecule has 0 aromatic carbocycles. The van der Waals surface area contributed by atoms with E-state index in [4.69, 9.17) is 10.5 Å². The number of methoxy groups -OCH3 is 1. The number of ether oxygens (including phenoxy) is 1. The second-order valence-corrected chi connectivity index (χ2v) is 4.23. The topological polar surface area (TPSA) is 38.5 Å². The van der Waals surface area contributed by atoms with E-state index < -0.39 is 12.2 Å². The SMILES string of the molecule is COCC1CCN(C(CN)C(F)(F)F)CC1.